The van der Waals surface area contributed by atoms with E-state index in [4.69, 9.17) is 37.9 Å². The lowest BCUT2D eigenvalue weighted by Crippen LogP contribution is -2.48. The number of benzene rings is 5. The van der Waals surface area contributed by atoms with Crippen molar-refractivity contribution >= 4 is 0 Å². The van der Waals surface area contributed by atoms with E-state index >= 15 is 0 Å². The van der Waals surface area contributed by atoms with Crippen LogP contribution in [0.15, 0.2) is 164 Å². The molecule has 0 aliphatic carbocycles. The van der Waals surface area contributed by atoms with Crippen molar-refractivity contribution in [3.63, 3.8) is 0 Å². The van der Waals surface area contributed by atoms with Gasteiger partial charge in [-0.25, -0.2) is 0 Å². The quantitative estimate of drug-likeness (QED) is 0.0470. The van der Waals surface area contributed by atoms with Crippen LogP contribution < -0.4 is 0 Å². The van der Waals surface area contributed by atoms with Crippen molar-refractivity contribution in [2.75, 3.05) is 26.4 Å². The van der Waals surface area contributed by atoms with Crippen LogP contribution in [0.5, 0.6) is 0 Å². The van der Waals surface area contributed by atoms with E-state index in [-0.39, 0.29) is 33.0 Å². The van der Waals surface area contributed by atoms with Gasteiger partial charge in [0.05, 0.1) is 59.5 Å². The van der Waals surface area contributed by atoms with E-state index in [2.05, 4.69) is 6.58 Å². The highest BCUT2D eigenvalue weighted by Crippen LogP contribution is 2.28. The third-order valence-corrected chi connectivity index (χ3v) is 9.55. The van der Waals surface area contributed by atoms with Crippen LogP contribution in [0.25, 0.3) is 0 Å². The molecule has 0 bridgehead atoms. The van der Waals surface area contributed by atoms with E-state index in [1.54, 1.807) is 6.08 Å². The average molecular weight is 775 g/mol. The van der Waals surface area contributed by atoms with Gasteiger partial charge in [-0.15, -0.1) is 6.58 Å². The molecule has 6 rings (SSSR count). The summed E-state index contributed by atoms with van der Waals surface area (Å²) in [5, 5.41) is 11.6. The molecule has 1 aliphatic rings. The second-order valence-corrected chi connectivity index (χ2v) is 13.9. The molecule has 5 aromatic rings. The Hall–Kier alpha value is -4.52. The predicted octanol–water partition coefficient (Wildman–Crippen LogP) is 7.85. The summed E-state index contributed by atoms with van der Waals surface area (Å²) in [7, 11) is 0. The Labute approximate surface area is 336 Å². The van der Waals surface area contributed by atoms with Crippen LogP contribution in [0.2, 0.25) is 0 Å². The first kappa shape index (κ1) is 42.1. The SMILES string of the molecule is C=CCOC[C@@H](OCc1ccccc1)[C@@H](OCc1ccccc1)[C@H](COC1O[C@H](COCc2ccccc2)[C@@H](O)[C@H]1OCc1ccccc1)OCc1ccccc1. The second-order valence-electron chi connectivity index (χ2n) is 13.9. The molecule has 57 heavy (non-hydrogen) atoms. The minimum Gasteiger partial charge on any atom is -0.387 e. The van der Waals surface area contributed by atoms with E-state index in [1.165, 1.54) is 0 Å². The highest BCUT2D eigenvalue weighted by atomic mass is 16.7. The van der Waals surface area contributed by atoms with Crippen molar-refractivity contribution in [2.24, 2.45) is 0 Å². The van der Waals surface area contributed by atoms with E-state index in [9.17, 15) is 5.11 Å². The topological polar surface area (TPSA) is 94.1 Å². The summed E-state index contributed by atoms with van der Waals surface area (Å²) in [5.74, 6) is 0. The van der Waals surface area contributed by atoms with Gasteiger partial charge in [0.1, 0.15) is 36.6 Å². The first-order valence-electron chi connectivity index (χ1n) is 19.5. The van der Waals surface area contributed by atoms with Gasteiger partial charge >= 0.3 is 0 Å². The Bertz CT molecular complexity index is 1800. The molecule has 9 nitrogen and oxygen atoms in total. The zero-order valence-electron chi connectivity index (χ0n) is 32.3. The van der Waals surface area contributed by atoms with Crippen molar-refractivity contribution in [3.05, 3.63) is 192 Å². The Balaban J connectivity index is 1.24. The van der Waals surface area contributed by atoms with Gasteiger partial charge in [0.15, 0.2) is 6.29 Å². The number of hydrogen-bond acceptors (Lipinski definition) is 9. The summed E-state index contributed by atoms with van der Waals surface area (Å²) in [4.78, 5) is 0. The lowest BCUT2D eigenvalue weighted by molar-refractivity contribution is -0.223. The van der Waals surface area contributed by atoms with Crippen LogP contribution in [0.3, 0.4) is 0 Å². The summed E-state index contributed by atoms with van der Waals surface area (Å²) < 4.78 is 51.5. The number of aliphatic hydroxyl groups excluding tert-OH is 1. The molecule has 5 aromatic carbocycles. The van der Waals surface area contributed by atoms with Crippen molar-refractivity contribution in [1.29, 1.82) is 0 Å². The maximum Gasteiger partial charge on any atom is 0.187 e. The van der Waals surface area contributed by atoms with Crippen LogP contribution in [0, 0.1) is 0 Å². The maximum absolute atomic E-state index is 11.6. The molecule has 1 aliphatic heterocycles. The Morgan fingerprint density at radius 2 is 0.965 bits per heavy atom. The van der Waals surface area contributed by atoms with Gasteiger partial charge in [0.25, 0.3) is 0 Å². The number of hydrogen-bond donors (Lipinski definition) is 1. The molecule has 1 N–H and O–H groups in total. The van der Waals surface area contributed by atoms with Gasteiger partial charge in [-0.05, 0) is 27.8 Å². The summed E-state index contributed by atoms with van der Waals surface area (Å²) in [6.45, 7) is 6.12. The molecule has 0 spiro atoms. The minimum atomic E-state index is -1.02. The van der Waals surface area contributed by atoms with Crippen LogP contribution in [-0.2, 0) is 70.9 Å². The summed E-state index contributed by atoms with van der Waals surface area (Å²) in [5.41, 5.74) is 4.98. The zero-order chi connectivity index (χ0) is 39.3. The van der Waals surface area contributed by atoms with Crippen molar-refractivity contribution < 1.29 is 43.0 Å². The van der Waals surface area contributed by atoms with Gasteiger partial charge in [-0.1, -0.05) is 158 Å². The van der Waals surface area contributed by atoms with E-state index in [0.29, 0.717) is 26.4 Å². The van der Waals surface area contributed by atoms with Crippen LogP contribution in [0.4, 0.5) is 0 Å². The lowest BCUT2D eigenvalue weighted by Gasteiger charge is -2.34. The lowest BCUT2D eigenvalue weighted by atomic mass is 10.1. The molecule has 7 atom stereocenters. The fourth-order valence-electron chi connectivity index (χ4n) is 6.49. The van der Waals surface area contributed by atoms with Gasteiger partial charge in [0, 0.05) is 0 Å². The molecule has 0 saturated carbocycles. The zero-order valence-corrected chi connectivity index (χ0v) is 32.3. The molecule has 1 saturated heterocycles. The molecule has 9 heteroatoms. The molecule has 0 aromatic heterocycles. The van der Waals surface area contributed by atoms with E-state index in [0.717, 1.165) is 27.8 Å². The summed E-state index contributed by atoms with van der Waals surface area (Å²) >= 11 is 0. The first-order valence-corrected chi connectivity index (χ1v) is 19.5. The van der Waals surface area contributed by atoms with E-state index < -0.39 is 42.9 Å². The van der Waals surface area contributed by atoms with Crippen LogP contribution in [-0.4, -0.2) is 74.4 Å². The van der Waals surface area contributed by atoms with Crippen molar-refractivity contribution in [3.8, 4) is 0 Å². The molecule has 0 amide bonds. The minimum absolute atomic E-state index is 0.0269. The summed E-state index contributed by atoms with van der Waals surface area (Å²) in [6, 6.07) is 49.6. The largest absolute Gasteiger partial charge is 0.387 e. The fourth-order valence-corrected chi connectivity index (χ4v) is 6.49. The number of aliphatic hydroxyl groups is 1. The Morgan fingerprint density at radius 3 is 1.46 bits per heavy atom. The Morgan fingerprint density at radius 1 is 0.526 bits per heavy atom. The third kappa shape index (κ3) is 13.8. The predicted molar refractivity (Wildman–Crippen MR) is 218 cm³/mol. The molecule has 300 valence electrons. The molecule has 1 heterocycles. The van der Waals surface area contributed by atoms with Crippen molar-refractivity contribution in [2.45, 2.75) is 75.9 Å². The van der Waals surface area contributed by atoms with Gasteiger partial charge in [-0.2, -0.15) is 0 Å². The number of ether oxygens (including phenoxy) is 8. The third-order valence-electron chi connectivity index (χ3n) is 9.55. The highest BCUT2D eigenvalue weighted by Gasteiger charge is 2.46. The fraction of sp³-hybridized carbons (Fsp3) is 0.333. The normalized spacial score (nSPS) is 19.5. The van der Waals surface area contributed by atoms with Gasteiger partial charge in [-0.3, -0.25) is 0 Å². The Kier molecular flexibility index (Phi) is 17.5. The average Bonchev–Trinajstić information content (AvgIpc) is 3.56. The van der Waals surface area contributed by atoms with Crippen molar-refractivity contribution in [1.82, 2.24) is 0 Å². The monoisotopic (exact) mass is 774 g/mol. The van der Waals surface area contributed by atoms with Crippen LogP contribution in [0.1, 0.15) is 27.8 Å². The van der Waals surface area contributed by atoms with Gasteiger partial charge < -0.3 is 43.0 Å². The smallest absolute Gasteiger partial charge is 0.187 e. The highest BCUT2D eigenvalue weighted by molar-refractivity contribution is 5.17. The first-order chi connectivity index (χ1) is 28.2. The maximum atomic E-state index is 11.6. The summed E-state index contributed by atoms with van der Waals surface area (Å²) in [6.07, 6.45) is -3.66. The molecular formula is C48H54O9. The number of rotatable bonds is 25. The van der Waals surface area contributed by atoms with Crippen LogP contribution >= 0.6 is 0 Å². The molecule has 1 unspecified atom stereocenters. The van der Waals surface area contributed by atoms with E-state index in [1.807, 2.05) is 152 Å². The molecule has 0 radical (unpaired) electrons. The standard InChI is InChI=1S/C48H54O9/c1-2-28-50-35-43(52-30-38-20-10-4-11-21-38)46(54-32-40-24-14-6-15-25-40)44(53-31-39-22-12-5-13-23-39)36-56-48-47(55-33-41-26-16-7-17-27-41)45(49)42(57-48)34-51-29-37-18-8-3-9-19-37/h2-27,42-49H,1,28-36H2/t42-,43-,44+,45-,46-,47-,48?/m1/s1. The molecule has 1 fully saturated rings. The molecular weight excluding hydrogens is 721 g/mol. The second kappa shape index (κ2) is 23.6. The van der Waals surface area contributed by atoms with Gasteiger partial charge in [0.2, 0.25) is 0 Å².